The molecule has 268 valence electrons. The second-order valence-electron chi connectivity index (χ2n) is 16.1. The van der Waals surface area contributed by atoms with E-state index in [1.165, 1.54) is 105 Å². The molecule has 0 saturated carbocycles. The molecule has 9 aromatic carbocycles. The van der Waals surface area contributed by atoms with E-state index < -0.39 is 0 Å². The van der Waals surface area contributed by atoms with Crippen molar-refractivity contribution in [2.24, 2.45) is 0 Å². The number of benzene rings is 9. The Morgan fingerprint density at radius 2 is 0.965 bits per heavy atom. The molecule has 0 bridgehead atoms. The third-order valence-corrected chi connectivity index (χ3v) is 12.7. The molecular weight excluding hydrogens is 689 g/mol. The van der Waals surface area contributed by atoms with E-state index in [0.29, 0.717) is 0 Å². The molecule has 0 spiro atoms. The molecule has 0 radical (unpaired) electrons. The van der Waals surface area contributed by atoms with Crippen LogP contribution in [0.25, 0.3) is 99.1 Å². The first kappa shape index (κ1) is 32.1. The van der Waals surface area contributed by atoms with Crippen LogP contribution in [0.15, 0.2) is 194 Å². The quantitative estimate of drug-likeness (QED) is 0.171. The van der Waals surface area contributed by atoms with Gasteiger partial charge in [-0.05, 0) is 104 Å². The van der Waals surface area contributed by atoms with Gasteiger partial charge in [0.1, 0.15) is 0 Å². The summed E-state index contributed by atoms with van der Waals surface area (Å²) in [7, 11) is 0. The van der Waals surface area contributed by atoms with Crippen LogP contribution in [-0.4, -0.2) is 9.13 Å². The molecule has 2 heteroatoms. The third-order valence-electron chi connectivity index (χ3n) is 12.7. The Labute approximate surface area is 331 Å². The molecule has 0 fully saturated rings. The number of fused-ring (bicyclic) bond motifs is 11. The van der Waals surface area contributed by atoms with Gasteiger partial charge in [0.25, 0.3) is 0 Å². The van der Waals surface area contributed by atoms with Crippen LogP contribution >= 0.6 is 0 Å². The molecule has 0 N–H and O–H groups in total. The second kappa shape index (κ2) is 11.9. The van der Waals surface area contributed by atoms with E-state index in [0.717, 1.165) is 5.69 Å². The highest BCUT2D eigenvalue weighted by atomic mass is 15.0. The van der Waals surface area contributed by atoms with Crippen LogP contribution in [0, 0.1) is 0 Å². The number of aromatic nitrogens is 2. The van der Waals surface area contributed by atoms with Gasteiger partial charge in [0, 0.05) is 38.0 Å². The lowest BCUT2D eigenvalue weighted by Gasteiger charge is -2.21. The van der Waals surface area contributed by atoms with E-state index in [9.17, 15) is 0 Å². The zero-order chi connectivity index (χ0) is 37.8. The lowest BCUT2D eigenvalue weighted by molar-refractivity contribution is 0.661. The normalized spacial score (nSPS) is 13.2. The monoisotopic (exact) mass is 726 g/mol. The van der Waals surface area contributed by atoms with Gasteiger partial charge in [0.15, 0.2) is 0 Å². The maximum Gasteiger partial charge on any atom is 0.0547 e. The molecule has 12 rings (SSSR count). The lowest BCUT2D eigenvalue weighted by Crippen LogP contribution is -2.14. The number of hydrogen-bond donors (Lipinski definition) is 0. The van der Waals surface area contributed by atoms with Crippen LogP contribution < -0.4 is 0 Å². The molecule has 2 aromatic heterocycles. The molecule has 0 atom stereocenters. The van der Waals surface area contributed by atoms with Gasteiger partial charge >= 0.3 is 0 Å². The van der Waals surface area contributed by atoms with E-state index in [-0.39, 0.29) is 5.41 Å². The molecule has 2 nitrogen and oxygen atoms in total. The summed E-state index contributed by atoms with van der Waals surface area (Å²) >= 11 is 0. The Morgan fingerprint density at radius 3 is 1.79 bits per heavy atom. The predicted molar refractivity (Wildman–Crippen MR) is 241 cm³/mol. The summed E-state index contributed by atoms with van der Waals surface area (Å²) in [5.74, 6) is 0. The highest BCUT2D eigenvalue weighted by Crippen LogP contribution is 2.53. The third kappa shape index (κ3) is 4.59. The largest absolute Gasteiger partial charge is 0.309 e. The summed E-state index contributed by atoms with van der Waals surface area (Å²) in [5.41, 5.74) is 17.5. The molecule has 0 unspecified atom stereocenters. The number of rotatable bonds is 4. The highest BCUT2D eigenvalue weighted by molar-refractivity contribution is 6.19. The fourth-order valence-electron chi connectivity index (χ4n) is 10.0. The van der Waals surface area contributed by atoms with E-state index >= 15 is 0 Å². The first-order chi connectivity index (χ1) is 28.0. The molecular formula is C55H38N2. The van der Waals surface area contributed by atoms with Gasteiger partial charge in [0.2, 0.25) is 0 Å². The van der Waals surface area contributed by atoms with Gasteiger partial charge < -0.3 is 9.13 Å². The van der Waals surface area contributed by atoms with E-state index in [4.69, 9.17) is 0 Å². The zero-order valence-corrected chi connectivity index (χ0v) is 31.9. The summed E-state index contributed by atoms with van der Waals surface area (Å²) in [6, 6.07) is 71.8. The molecule has 57 heavy (non-hydrogen) atoms. The van der Waals surface area contributed by atoms with Crippen LogP contribution in [0.1, 0.15) is 25.0 Å². The second-order valence-corrected chi connectivity index (χ2v) is 16.1. The molecule has 0 saturated heterocycles. The van der Waals surface area contributed by atoms with Crippen molar-refractivity contribution in [1.82, 2.24) is 9.13 Å². The zero-order valence-electron chi connectivity index (χ0n) is 31.9. The lowest BCUT2D eigenvalue weighted by atomic mass is 9.82. The summed E-state index contributed by atoms with van der Waals surface area (Å²) in [6.07, 6.45) is 0. The summed E-state index contributed by atoms with van der Waals surface area (Å²) in [4.78, 5) is 0. The molecule has 1 aliphatic rings. The Hall–Kier alpha value is -7.16. The van der Waals surface area contributed by atoms with Crippen molar-refractivity contribution in [1.29, 1.82) is 0 Å². The molecule has 0 amide bonds. The number of nitrogens with zero attached hydrogens (tertiary/aromatic N) is 2. The van der Waals surface area contributed by atoms with Crippen molar-refractivity contribution >= 4 is 54.4 Å². The number of para-hydroxylation sites is 1. The van der Waals surface area contributed by atoms with Crippen LogP contribution in [0.5, 0.6) is 0 Å². The summed E-state index contributed by atoms with van der Waals surface area (Å²) in [5, 5.41) is 7.61. The van der Waals surface area contributed by atoms with Crippen LogP contribution in [0.4, 0.5) is 0 Å². The fourth-order valence-corrected chi connectivity index (χ4v) is 10.0. The van der Waals surface area contributed by atoms with Gasteiger partial charge in [-0.2, -0.15) is 0 Å². The van der Waals surface area contributed by atoms with Gasteiger partial charge in [-0.15, -0.1) is 0 Å². The van der Waals surface area contributed by atoms with Crippen molar-refractivity contribution in [3.63, 3.8) is 0 Å². The molecule has 1 aliphatic carbocycles. The SMILES string of the molecule is CC1(C)c2ccccc2-c2c1ccc1c2c2cc(-c3ccc4c(c3)c3ccccc3n4-c3ccc(-c4ccccc4)cc3)ccc2n1-c1cccc2ccccc12. The van der Waals surface area contributed by atoms with Crippen molar-refractivity contribution in [3.8, 4) is 44.8 Å². The minimum absolute atomic E-state index is 0.0906. The highest BCUT2D eigenvalue weighted by Gasteiger charge is 2.37. The minimum atomic E-state index is -0.0906. The van der Waals surface area contributed by atoms with E-state index in [1.54, 1.807) is 0 Å². The summed E-state index contributed by atoms with van der Waals surface area (Å²) < 4.78 is 4.91. The maximum absolute atomic E-state index is 2.50. The first-order valence-corrected chi connectivity index (χ1v) is 19.9. The van der Waals surface area contributed by atoms with Crippen LogP contribution in [-0.2, 0) is 5.41 Å². The van der Waals surface area contributed by atoms with Crippen molar-refractivity contribution in [2.75, 3.05) is 0 Å². The minimum Gasteiger partial charge on any atom is -0.309 e. The Morgan fingerprint density at radius 1 is 0.368 bits per heavy atom. The Kier molecular flexibility index (Phi) is 6.72. The molecule has 11 aromatic rings. The van der Waals surface area contributed by atoms with Gasteiger partial charge in [-0.1, -0.05) is 153 Å². The Balaban J connectivity index is 1.09. The van der Waals surface area contributed by atoms with Crippen molar-refractivity contribution in [3.05, 3.63) is 205 Å². The van der Waals surface area contributed by atoms with Gasteiger partial charge in [0.05, 0.1) is 27.8 Å². The average molecular weight is 727 g/mol. The maximum atomic E-state index is 2.50. The van der Waals surface area contributed by atoms with Crippen molar-refractivity contribution < 1.29 is 0 Å². The standard InChI is InChI=1S/C55H38N2/c1-55(2)46-20-10-8-19-43(46)53-47(55)29-32-52-54(53)45-34-39(26-31-51(45)57(52)48-22-12-16-37-15-6-7-17-41(37)48)38-25-30-50-44(33-38)42-18-9-11-21-49(42)56(50)40-27-23-36(24-28-40)35-13-4-3-5-14-35/h3-34H,1-2H3. The topological polar surface area (TPSA) is 9.86 Å². The van der Waals surface area contributed by atoms with Crippen LogP contribution in [0.2, 0.25) is 0 Å². The van der Waals surface area contributed by atoms with Gasteiger partial charge in [-0.3, -0.25) is 0 Å². The summed E-state index contributed by atoms with van der Waals surface area (Å²) in [6.45, 7) is 4.75. The molecule has 0 aliphatic heterocycles. The first-order valence-electron chi connectivity index (χ1n) is 19.9. The smallest absolute Gasteiger partial charge is 0.0547 e. The number of hydrogen-bond acceptors (Lipinski definition) is 0. The predicted octanol–water partition coefficient (Wildman–Crippen LogP) is 14.7. The van der Waals surface area contributed by atoms with Crippen molar-refractivity contribution in [2.45, 2.75) is 19.3 Å². The average Bonchev–Trinajstić information content (AvgIpc) is 3.86. The fraction of sp³-hybridized carbons (Fsp3) is 0.0545. The van der Waals surface area contributed by atoms with E-state index in [2.05, 4.69) is 217 Å². The van der Waals surface area contributed by atoms with E-state index in [1.807, 2.05) is 0 Å². The molecule has 2 heterocycles. The van der Waals surface area contributed by atoms with Crippen LogP contribution in [0.3, 0.4) is 0 Å². The Bertz CT molecular complexity index is 3410. The van der Waals surface area contributed by atoms with Gasteiger partial charge in [-0.25, -0.2) is 0 Å².